The molecule has 0 saturated carbocycles. The fourth-order valence-electron chi connectivity index (χ4n) is 1.84. The zero-order chi connectivity index (χ0) is 16.1. The molecule has 0 spiro atoms. The fourth-order valence-corrected chi connectivity index (χ4v) is 1.96. The number of carbonyl (C=O) groups excluding carboxylic acids is 2. The molecular weight excluding hydrogens is 298 g/mol. The number of rotatable bonds is 2. The molecule has 0 heterocycles. The fraction of sp³-hybridized carbons (Fsp3) is 0.111. The Balaban J connectivity index is 2.31. The summed E-state index contributed by atoms with van der Waals surface area (Å²) >= 11 is 5.80. The van der Waals surface area contributed by atoms with Crippen molar-refractivity contribution in [1.82, 2.24) is 4.90 Å². The first-order chi connectivity index (χ1) is 10.5. The molecule has 110 valence electrons. The molecule has 0 unspecified atom stereocenters. The van der Waals surface area contributed by atoms with Crippen molar-refractivity contribution >= 4 is 23.3 Å². The molecule has 1 amide bonds. The number of hydrogen-bond donors (Lipinski definition) is 0. The van der Waals surface area contributed by atoms with Crippen LogP contribution in [0.5, 0.6) is 0 Å². The van der Waals surface area contributed by atoms with E-state index in [9.17, 15) is 9.59 Å². The van der Waals surface area contributed by atoms with Gasteiger partial charge >= 0.3 is 0 Å². The van der Waals surface area contributed by atoms with Crippen molar-refractivity contribution < 1.29 is 9.59 Å². The number of Topliss-reactive ketones (excluding diaryl/α,β-unsaturated/α-hetero) is 1. The van der Waals surface area contributed by atoms with Gasteiger partial charge in [0.1, 0.15) is 0 Å². The van der Waals surface area contributed by atoms with E-state index >= 15 is 0 Å². The molecule has 0 aliphatic heterocycles. The third-order valence-corrected chi connectivity index (χ3v) is 3.22. The Morgan fingerprint density at radius 1 is 0.955 bits per heavy atom. The maximum absolute atomic E-state index is 12.3. The van der Waals surface area contributed by atoms with Gasteiger partial charge in [-0.15, -0.1) is 0 Å². The largest absolute Gasteiger partial charge is 0.345 e. The second-order valence-electron chi connectivity index (χ2n) is 4.83. The van der Waals surface area contributed by atoms with Gasteiger partial charge in [-0.2, -0.15) is 0 Å². The average Bonchev–Trinajstić information content (AvgIpc) is 2.53. The molecule has 0 atom stereocenters. The molecule has 2 rings (SSSR count). The lowest BCUT2D eigenvalue weighted by Crippen LogP contribution is -2.23. The molecule has 0 radical (unpaired) electrons. The quantitative estimate of drug-likeness (QED) is 0.630. The molecule has 4 heteroatoms. The van der Waals surface area contributed by atoms with Gasteiger partial charge < -0.3 is 4.90 Å². The van der Waals surface area contributed by atoms with Crippen LogP contribution in [0.2, 0.25) is 5.02 Å². The van der Waals surface area contributed by atoms with Gasteiger partial charge in [-0.1, -0.05) is 29.7 Å². The van der Waals surface area contributed by atoms with E-state index in [1.807, 2.05) is 0 Å². The number of nitrogens with zero attached hydrogens (tertiary/aromatic N) is 1. The number of benzene rings is 2. The van der Waals surface area contributed by atoms with Crippen molar-refractivity contribution in [3.63, 3.8) is 0 Å². The number of amides is 1. The summed E-state index contributed by atoms with van der Waals surface area (Å²) in [7, 11) is 3.28. The summed E-state index contributed by atoms with van der Waals surface area (Å²) in [6.07, 6.45) is 0. The van der Waals surface area contributed by atoms with Crippen molar-refractivity contribution in [3.05, 3.63) is 70.2 Å². The molecule has 0 saturated heterocycles. The van der Waals surface area contributed by atoms with Crippen molar-refractivity contribution in [2.24, 2.45) is 0 Å². The van der Waals surface area contributed by atoms with E-state index in [0.29, 0.717) is 21.7 Å². The van der Waals surface area contributed by atoms with Crippen LogP contribution in [0.3, 0.4) is 0 Å². The van der Waals surface area contributed by atoms with Gasteiger partial charge in [-0.3, -0.25) is 9.59 Å². The average molecular weight is 312 g/mol. The van der Waals surface area contributed by atoms with Crippen LogP contribution in [0.1, 0.15) is 26.3 Å². The number of carbonyl (C=O) groups is 2. The molecule has 0 aliphatic carbocycles. The van der Waals surface area contributed by atoms with Gasteiger partial charge in [0.25, 0.3) is 5.91 Å². The first-order valence-corrected chi connectivity index (χ1v) is 6.99. The summed E-state index contributed by atoms with van der Waals surface area (Å²) in [4.78, 5) is 25.8. The Hall–Kier alpha value is -2.57. The zero-order valence-electron chi connectivity index (χ0n) is 12.3. The Morgan fingerprint density at radius 2 is 1.55 bits per heavy atom. The summed E-state index contributed by atoms with van der Waals surface area (Å²) in [5, 5.41) is 0.610. The molecule has 0 aliphatic rings. The second-order valence-corrected chi connectivity index (χ2v) is 5.27. The Bertz CT molecular complexity index is 768. The van der Waals surface area contributed by atoms with Gasteiger partial charge in [0.05, 0.1) is 5.56 Å². The van der Waals surface area contributed by atoms with E-state index in [-0.39, 0.29) is 11.7 Å². The molecule has 0 bridgehead atoms. The molecule has 0 fully saturated rings. The highest BCUT2D eigenvalue weighted by atomic mass is 35.5. The van der Waals surface area contributed by atoms with Gasteiger partial charge in [0, 0.05) is 30.2 Å². The summed E-state index contributed by atoms with van der Waals surface area (Å²) in [5.74, 6) is 4.74. The van der Waals surface area contributed by atoms with Gasteiger partial charge in [0.2, 0.25) is 5.78 Å². The maximum Gasteiger partial charge on any atom is 0.254 e. The van der Waals surface area contributed by atoms with Crippen LogP contribution in [-0.2, 0) is 0 Å². The van der Waals surface area contributed by atoms with Crippen LogP contribution < -0.4 is 0 Å². The molecule has 2 aromatic rings. The minimum absolute atomic E-state index is 0.225. The van der Waals surface area contributed by atoms with E-state index in [0.717, 1.165) is 0 Å². The topological polar surface area (TPSA) is 37.4 Å². The maximum atomic E-state index is 12.3. The SMILES string of the molecule is CN(C)C(=O)c1ccccc1C(=O)C#Cc1ccc(Cl)cc1. The smallest absolute Gasteiger partial charge is 0.254 e. The third kappa shape index (κ3) is 3.75. The highest BCUT2D eigenvalue weighted by Crippen LogP contribution is 2.12. The van der Waals surface area contributed by atoms with Crippen molar-refractivity contribution in [3.8, 4) is 11.8 Å². The molecule has 2 aromatic carbocycles. The first-order valence-electron chi connectivity index (χ1n) is 6.61. The van der Waals surface area contributed by atoms with Crippen LogP contribution in [0.4, 0.5) is 0 Å². The van der Waals surface area contributed by atoms with E-state index < -0.39 is 0 Å². The lowest BCUT2D eigenvalue weighted by Gasteiger charge is -2.12. The molecule has 22 heavy (non-hydrogen) atoms. The second kappa shape index (κ2) is 6.93. The number of hydrogen-bond acceptors (Lipinski definition) is 2. The lowest BCUT2D eigenvalue weighted by atomic mass is 10.0. The minimum Gasteiger partial charge on any atom is -0.345 e. The highest BCUT2D eigenvalue weighted by molar-refractivity contribution is 6.30. The predicted molar refractivity (Wildman–Crippen MR) is 87.1 cm³/mol. The van der Waals surface area contributed by atoms with E-state index in [1.54, 1.807) is 62.6 Å². The van der Waals surface area contributed by atoms with Crippen LogP contribution in [0.25, 0.3) is 0 Å². The predicted octanol–water partition coefficient (Wildman–Crippen LogP) is 3.28. The van der Waals surface area contributed by atoms with Crippen LogP contribution in [0.15, 0.2) is 48.5 Å². The highest BCUT2D eigenvalue weighted by Gasteiger charge is 2.16. The lowest BCUT2D eigenvalue weighted by molar-refractivity contribution is 0.0822. The van der Waals surface area contributed by atoms with Crippen molar-refractivity contribution in [2.75, 3.05) is 14.1 Å². The molecule has 3 nitrogen and oxygen atoms in total. The summed E-state index contributed by atoms with van der Waals surface area (Å²) in [6.45, 7) is 0. The van der Waals surface area contributed by atoms with E-state index in [4.69, 9.17) is 11.6 Å². The number of halogens is 1. The normalized spacial score (nSPS) is 9.59. The van der Waals surface area contributed by atoms with Crippen LogP contribution in [0, 0.1) is 11.8 Å². The summed E-state index contributed by atoms with van der Waals surface area (Å²) in [5.41, 5.74) is 1.35. The Labute approximate surface area is 134 Å². The van der Waals surface area contributed by atoms with Gasteiger partial charge in [0.15, 0.2) is 0 Å². The third-order valence-electron chi connectivity index (χ3n) is 2.97. The van der Waals surface area contributed by atoms with Gasteiger partial charge in [-0.25, -0.2) is 0 Å². The monoisotopic (exact) mass is 311 g/mol. The Morgan fingerprint density at radius 3 is 2.14 bits per heavy atom. The zero-order valence-corrected chi connectivity index (χ0v) is 13.0. The van der Waals surface area contributed by atoms with E-state index in [1.165, 1.54) is 4.90 Å². The van der Waals surface area contributed by atoms with Crippen LogP contribution in [-0.4, -0.2) is 30.7 Å². The molecule has 0 aromatic heterocycles. The van der Waals surface area contributed by atoms with Crippen molar-refractivity contribution in [2.45, 2.75) is 0 Å². The van der Waals surface area contributed by atoms with Crippen molar-refractivity contribution in [1.29, 1.82) is 0 Å². The first kappa shape index (κ1) is 15.8. The summed E-state index contributed by atoms with van der Waals surface area (Å²) < 4.78 is 0. The molecular formula is C18H14ClNO2. The molecule has 0 N–H and O–H groups in total. The van der Waals surface area contributed by atoms with E-state index in [2.05, 4.69) is 11.8 Å². The van der Waals surface area contributed by atoms with Crippen LogP contribution >= 0.6 is 11.6 Å². The summed E-state index contributed by atoms with van der Waals surface area (Å²) in [6, 6.07) is 13.6. The minimum atomic E-state index is -0.388. The Kier molecular flexibility index (Phi) is 4.98. The number of ketones is 1. The standard InChI is InChI=1S/C18H14ClNO2/c1-20(2)18(22)16-6-4-3-5-15(16)17(21)12-9-13-7-10-14(19)11-8-13/h3-8,10-11H,1-2H3. The van der Waals surface area contributed by atoms with Gasteiger partial charge in [-0.05, 0) is 42.3 Å².